The molecule has 1 fully saturated rings. The van der Waals surface area contributed by atoms with E-state index in [1.54, 1.807) is 0 Å². The molecule has 2 aromatic rings. The number of piperidine rings is 1. The molecule has 0 unspecified atom stereocenters. The predicted octanol–water partition coefficient (Wildman–Crippen LogP) is 0.530. The Bertz CT molecular complexity index is 1070. The van der Waals surface area contributed by atoms with Crippen LogP contribution in [0.2, 0.25) is 5.15 Å². The van der Waals surface area contributed by atoms with Crippen LogP contribution in [0.1, 0.15) is 41.7 Å². The number of carbonyl (C=O) groups excluding carboxylic acids is 2. The number of nitrogens with two attached hydrogens (primary N) is 4. The van der Waals surface area contributed by atoms with E-state index in [-0.39, 0.29) is 39.8 Å². The van der Waals surface area contributed by atoms with Gasteiger partial charge in [0, 0.05) is 32.6 Å². The lowest BCUT2D eigenvalue weighted by atomic mass is 9.74. The SMILES string of the molecule is NCCC(=O)N1CCC(CCc2cc#ccc2)(CN/C(N)=N/C(=O)c2nc(Cl)c(N)nc2N)CC1. The molecule has 1 saturated heterocycles. The number of aliphatic imine (C=N–C) groups is 1. The quantitative estimate of drug-likeness (QED) is 0.254. The van der Waals surface area contributed by atoms with Crippen LogP contribution in [0.4, 0.5) is 11.6 Å². The Balaban J connectivity index is 1.69. The van der Waals surface area contributed by atoms with Gasteiger partial charge in [0.25, 0.3) is 0 Å². The maximum atomic E-state index is 12.5. The van der Waals surface area contributed by atoms with Crippen molar-refractivity contribution in [3.63, 3.8) is 0 Å². The second kappa shape index (κ2) is 11.7. The number of likely N-dealkylation sites (tertiary alicyclic amines) is 1. The van der Waals surface area contributed by atoms with Crippen LogP contribution in [0.25, 0.3) is 0 Å². The van der Waals surface area contributed by atoms with E-state index >= 15 is 0 Å². The largest absolute Gasteiger partial charge is 0.382 e. The summed E-state index contributed by atoms with van der Waals surface area (Å²) in [6.45, 7) is 2.06. The van der Waals surface area contributed by atoms with E-state index in [0.29, 0.717) is 32.6 Å². The van der Waals surface area contributed by atoms with E-state index in [9.17, 15) is 9.59 Å². The highest BCUT2D eigenvalue weighted by Crippen LogP contribution is 2.36. The molecule has 3 rings (SSSR count). The molecule has 0 radical (unpaired) electrons. The highest BCUT2D eigenvalue weighted by Gasteiger charge is 2.35. The lowest BCUT2D eigenvalue weighted by Gasteiger charge is -2.42. The fourth-order valence-corrected chi connectivity index (χ4v) is 4.18. The van der Waals surface area contributed by atoms with Crippen molar-refractivity contribution in [2.45, 2.75) is 32.1 Å². The van der Waals surface area contributed by atoms with Gasteiger partial charge in [-0.2, -0.15) is 4.99 Å². The molecule has 186 valence electrons. The van der Waals surface area contributed by atoms with Gasteiger partial charge in [-0.1, -0.05) is 29.8 Å². The topological polar surface area (TPSA) is 192 Å². The number of nitrogens with one attached hydrogen (secondary N) is 1. The monoisotopic (exact) mass is 499 g/mol. The molecule has 1 aromatic heterocycles. The molecule has 1 aromatic carbocycles. The first-order valence-corrected chi connectivity index (χ1v) is 11.7. The van der Waals surface area contributed by atoms with Crippen LogP contribution >= 0.6 is 11.6 Å². The van der Waals surface area contributed by atoms with Gasteiger partial charge < -0.3 is 33.2 Å². The smallest absolute Gasteiger partial charge is 0.302 e. The van der Waals surface area contributed by atoms with Crippen molar-refractivity contribution >= 4 is 41.0 Å². The van der Waals surface area contributed by atoms with Crippen LogP contribution in [0, 0.1) is 17.5 Å². The minimum Gasteiger partial charge on any atom is -0.382 e. The van der Waals surface area contributed by atoms with Crippen LogP contribution in [-0.4, -0.2) is 58.8 Å². The maximum absolute atomic E-state index is 12.5. The molecule has 11 nitrogen and oxygen atoms in total. The lowest BCUT2D eigenvalue weighted by molar-refractivity contribution is -0.133. The van der Waals surface area contributed by atoms with Crippen molar-refractivity contribution in [1.82, 2.24) is 20.2 Å². The fraction of sp³-hybridized carbons (Fsp3) is 0.435. The van der Waals surface area contributed by atoms with Crippen LogP contribution < -0.4 is 28.3 Å². The molecule has 1 aliphatic rings. The van der Waals surface area contributed by atoms with Crippen molar-refractivity contribution in [1.29, 1.82) is 0 Å². The molecule has 35 heavy (non-hydrogen) atoms. The third-order valence-electron chi connectivity index (χ3n) is 6.17. The summed E-state index contributed by atoms with van der Waals surface area (Å²) in [7, 11) is 0. The van der Waals surface area contributed by atoms with E-state index in [2.05, 4.69) is 32.4 Å². The van der Waals surface area contributed by atoms with E-state index in [1.807, 2.05) is 23.1 Å². The van der Waals surface area contributed by atoms with E-state index in [1.165, 1.54) is 0 Å². The summed E-state index contributed by atoms with van der Waals surface area (Å²) < 4.78 is 0. The first-order valence-electron chi connectivity index (χ1n) is 11.3. The van der Waals surface area contributed by atoms with Gasteiger partial charge in [0.2, 0.25) is 5.91 Å². The zero-order valence-electron chi connectivity index (χ0n) is 19.4. The molecule has 0 aliphatic carbocycles. The molecule has 2 heterocycles. The first-order chi connectivity index (χ1) is 16.7. The van der Waals surface area contributed by atoms with Crippen molar-refractivity contribution < 1.29 is 9.59 Å². The minimum atomic E-state index is -0.783. The zero-order valence-corrected chi connectivity index (χ0v) is 20.1. The third-order valence-corrected chi connectivity index (χ3v) is 6.45. The van der Waals surface area contributed by atoms with Crippen molar-refractivity contribution in [2.75, 3.05) is 37.6 Å². The molecule has 12 heteroatoms. The number of aryl methyl sites for hydroxylation is 1. The van der Waals surface area contributed by atoms with Crippen LogP contribution in [0.3, 0.4) is 0 Å². The number of carbonyl (C=O) groups is 2. The number of nitrogen functional groups attached to an aromatic ring is 2. The minimum absolute atomic E-state index is 0.0646. The summed E-state index contributed by atoms with van der Waals surface area (Å²) in [5, 5.41) is 2.92. The molecular formula is C23H30ClN9O2. The summed E-state index contributed by atoms with van der Waals surface area (Å²) >= 11 is 5.85. The number of nitrogens with zero attached hydrogens (tertiary/aromatic N) is 4. The Morgan fingerprint density at radius 1 is 1.20 bits per heavy atom. The van der Waals surface area contributed by atoms with Gasteiger partial charge in [-0.3, -0.25) is 9.59 Å². The molecule has 0 atom stereocenters. The number of anilines is 2. The maximum Gasteiger partial charge on any atom is 0.302 e. The Hall–Kier alpha value is -3.62. The number of amides is 2. The highest BCUT2D eigenvalue weighted by atomic mass is 35.5. The summed E-state index contributed by atoms with van der Waals surface area (Å²) in [5.74, 6) is -1.06. The molecular weight excluding hydrogens is 470 g/mol. The predicted molar refractivity (Wildman–Crippen MR) is 134 cm³/mol. The Kier molecular flexibility index (Phi) is 8.68. The number of rotatable bonds is 8. The van der Waals surface area contributed by atoms with Gasteiger partial charge in [-0.15, -0.1) is 0 Å². The molecule has 0 bridgehead atoms. The van der Waals surface area contributed by atoms with Gasteiger partial charge in [0.05, 0.1) is 0 Å². The molecule has 0 saturated carbocycles. The number of aromatic nitrogens is 2. The zero-order chi connectivity index (χ0) is 25.4. The number of hydrogen-bond donors (Lipinski definition) is 5. The first kappa shape index (κ1) is 26.0. The molecule has 9 N–H and O–H groups in total. The summed E-state index contributed by atoms with van der Waals surface area (Å²) in [6.07, 6.45) is 3.56. The van der Waals surface area contributed by atoms with Gasteiger partial charge in [0.15, 0.2) is 28.4 Å². The molecule has 0 spiro atoms. The summed E-state index contributed by atoms with van der Waals surface area (Å²) in [5.41, 5.74) is 23.6. The molecule has 1 aliphatic heterocycles. The van der Waals surface area contributed by atoms with Gasteiger partial charge in [-0.25, -0.2) is 9.97 Å². The number of hydrogen-bond acceptors (Lipinski definition) is 7. The third kappa shape index (κ3) is 6.94. The van der Waals surface area contributed by atoms with Gasteiger partial charge >= 0.3 is 5.91 Å². The Labute approximate surface area is 209 Å². The lowest BCUT2D eigenvalue weighted by Crippen LogP contribution is -2.49. The van der Waals surface area contributed by atoms with Gasteiger partial charge in [0.1, 0.15) is 0 Å². The van der Waals surface area contributed by atoms with E-state index < -0.39 is 5.91 Å². The van der Waals surface area contributed by atoms with Crippen LogP contribution in [0.15, 0.2) is 23.2 Å². The fourth-order valence-electron chi connectivity index (χ4n) is 4.05. The average molecular weight is 500 g/mol. The number of guanidine groups is 1. The van der Waals surface area contributed by atoms with E-state index in [4.69, 9.17) is 34.5 Å². The summed E-state index contributed by atoms with van der Waals surface area (Å²) in [6, 6.07) is 11.6. The van der Waals surface area contributed by atoms with Crippen molar-refractivity contribution in [2.24, 2.45) is 21.9 Å². The van der Waals surface area contributed by atoms with Crippen LogP contribution in [-0.2, 0) is 11.2 Å². The van der Waals surface area contributed by atoms with Crippen molar-refractivity contribution in [3.05, 3.63) is 46.7 Å². The van der Waals surface area contributed by atoms with E-state index in [0.717, 1.165) is 31.2 Å². The average Bonchev–Trinajstić information content (AvgIpc) is 2.85. The Morgan fingerprint density at radius 2 is 1.94 bits per heavy atom. The Morgan fingerprint density at radius 3 is 2.60 bits per heavy atom. The second-order valence-corrected chi connectivity index (χ2v) is 8.91. The summed E-state index contributed by atoms with van der Waals surface area (Å²) in [4.78, 5) is 38.1. The van der Waals surface area contributed by atoms with Crippen molar-refractivity contribution in [3.8, 4) is 0 Å². The molecule has 2 amide bonds. The van der Waals surface area contributed by atoms with Gasteiger partial charge in [-0.05, 0) is 48.8 Å². The number of halogens is 1. The standard InChI is InChI=1S/C23H30ClN9O2/c24-18-20(27)31-19(26)17(30-18)21(35)32-22(28)29-14-23(8-6-15-4-2-1-3-5-15)9-12-33(13-10-23)16(34)7-11-25/h2,4-5H,6-14,25H2,(H4,26,27,31)(H3,28,29,32,35). The normalized spacial score (nSPS) is 15.4. The highest BCUT2D eigenvalue weighted by molar-refractivity contribution is 6.31. The second-order valence-electron chi connectivity index (χ2n) is 8.55. The van der Waals surface area contributed by atoms with Crippen LogP contribution in [0.5, 0.6) is 0 Å².